The molecule has 0 fully saturated rings. The highest BCUT2D eigenvalue weighted by Gasteiger charge is 2.40. The summed E-state index contributed by atoms with van der Waals surface area (Å²) in [5.74, 6) is 0.185. The van der Waals surface area contributed by atoms with Gasteiger partial charge in [0.1, 0.15) is 5.78 Å². The molecule has 0 atom stereocenters. The smallest absolute Gasteiger partial charge is 0.423 e. The fraction of sp³-hybridized carbons (Fsp3) is 0.312. The molecule has 1 aliphatic heterocycles. The van der Waals surface area contributed by atoms with Crippen LogP contribution in [0.15, 0.2) is 35.7 Å². The van der Waals surface area contributed by atoms with Gasteiger partial charge in [-0.15, -0.1) is 11.3 Å². The summed E-state index contributed by atoms with van der Waals surface area (Å²) in [7, 11) is -0.901. The van der Waals surface area contributed by atoms with Gasteiger partial charge >= 0.3 is 7.12 Å². The van der Waals surface area contributed by atoms with Crippen LogP contribution < -0.4 is 5.46 Å². The van der Waals surface area contributed by atoms with Crippen molar-refractivity contribution in [2.24, 2.45) is 0 Å². The molecule has 1 N–H and O–H groups in total. The van der Waals surface area contributed by atoms with Gasteiger partial charge in [-0.25, -0.2) is 0 Å². The summed E-state index contributed by atoms with van der Waals surface area (Å²) < 4.78 is 5.54. The van der Waals surface area contributed by atoms with Gasteiger partial charge in [-0.1, -0.05) is 24.3 Å². The summed E-state index contributed by atoms with van der Waals surface area (Å²) in [6.07, 6.45) is 0.859. The highest BCUT2D eigenvalue weighted by molar-refractivity contribution is 7.10. The Hall–Kier alpha value is -1.43. The van der Waals surface area contributed by atoms with Gasteiger partial charge in [0.2, 0.25) is 0 Å². The number of rotatable bonds is 4. The minimum atomic E-state index is -0.901. The molecule has 1 aromatic heterocycles. The Labute approximate surface area is 128 Å². The van der Waals surface area contributed by atoms with Crippen LogP contribution in [-0.2, 0) is 27.9 Å². The van der Waals surface area contributed by atoms with Crippen molar-refractivity contribution >= 4 is 29.7 Å². The molecule has 0 saturated carbocycles. The van der Waals surface area contributed by atoms with Gasteiger partial charge in [-0.2, -0.15) is 0 Å². The quantitative estimate of drug-likeness (QED) is 0.879. The zero-order chi connectivity index (χ0) is 15.0. The molecule has 0 radical (unpaired) electrons. The minimum Gasteiger partial charge on any atom is -0.423 e. The average Bonchev–Trinajstić information content (AvgIpc) is 2.97. The number of ketones is 1. The molecule has 3 nitrogen and oxygen atoms in total. The summed E-state index contributed by atoms with van der Waals surface area (Å²) in [5.41, 5.74) is 2.22. The second-order valence-corrected chi connectivity index (χ2v) is 6.91. The van der Waals surface area contributed by atoms with E-state index in [4.69, 9.17) is 4.65 Å². The highest BCUT2D eigenvalue weighted by Crippen LogP contribution is 2.30. The van der Waals surface area contributed by atoms with Gasteiger partial charge in [-0.05, 0) is 41.9 Å². The summed E-state index contributed by atoms with van der Waals surface area (Å²) in [6, 6.07) is 9.73. The molecule has 0 spiro atoms. The van der Waals surface area contributed by atoms with Crippen molar-refractivity contribution in [3.05, 3.63) is 51.7 Å². The molecule has 21 heavy (non-hydrogen) atoms. The maximum absolute atomic E-state index is 12.1. The maximum atomic E-state index is 12.1. The number of hydrogen-bond acceptors (Lipinski definition) is 4. The maximum Gasteiger partial charge on any atom is 0.492 e. The van der Waals surface area contributed by atoms with Crippen molar-refractivity contribution in [2.75, 3.05) is 0 Å². The second kappa shape index (κ2) is 5.41. The molecule has 0 bridgehead atoms. The average molecular weight is 300 g/mol. The van der Waals surface area contributed by atoms with Crippen LogP contribution in [-0.4, -0.2) is 17.9 Å². The predicted octanol–water partition coefficient (Wildman–Crippen LogP) is 2.06. The predicted molar refractivity (Wildman–Crippen MR) is 84.9 cm³/mol. The Balaban J connectivity index is 1.76. The Bertz CT molecular complexity index is 664. The van der Waals surface area contributed by atoms with E-state index in [-0.39, 0.29) is 5.78 Å². The number of Topliss-reactive ketones (excluding diaryl/α,β-unsaturated/α-hetero) is 1. The monoisotopic (exact) mass is 300 g/mol. The molecule has 2 aromatic rings. The lowest BCUT2D eigenvalue weighted by Gasteiger charge is -2.19. The minimum absolute atomic E-state index is 0.185. The Morgan fingerprint density at radius 2 is 2.14 bits per heavy atom. The van der Waals surface area contributed by atoms with E-state index < -0.39 is 12.7 Å². The summed E-state index contributed by atoms with van der Waals surface area (Å²) in [4.78, 5) is 13.2. The van der Waals surface area contributed by atoms with E-state index in [1.807, 2.05) is 49.6 Å². The highest BCUT2D eigenvalue weighted by atomic mass is 32.1. The van der Waals surface area contributed by atoms with Crippen LogP contribution in [0.4, 0.5) is 0 Å². The van der Waals surface area contributed by atoms with E-state index in [0.717, 1.165) is 21.5 Å². The lowest BCUT2D eigenvalue weighted by molar-refractivity contribution is -0.117. The van der Waals surface area contributed by atoms with Crippen LogP contribution in [0, 0.1) is 0 Å². The molecule has 1 aromatic carbocycles. The number of hydrogen-bond donors (Lipinski definition) is 1. The van der Waals surface area contributed by atoms with Gasteiger partial charge in [0.05, 0.1) is 5.60 Å². The van der Waals surface area contributed by atoms with Gasteiger partial charge in [0.15, 0.2) is 0 Å². The van der Waals surface area contributed by atoms with Crippen molar-refractivity contribution in [3.8, 4) is 0 Å². The van der Waals surface area contributed by atoms with Crippen molar-refractivity contribution in [3.63, 3.8) is 0 Å². The fourth-order valence-electron chi connectivity index (χ4n) is 2.78. The number of thiophene rings is 1. The van der Waals surface area contributed by atoms with Gasteiger partial charge in [0.25, 0.3) is 0 Å². The van der Waals surface area contributed by atoms with Crippen molar-refractivity contribution in [1.82, 2.24) is 0 Å². The van der Waals surface area contributed by atoms with Crippen LogP contribution in [0.2, 0.25) is 0 Å². The molecule has 0 aliphatic carbocycles. The summed E-state index contributed by atoms with van der Waals surface area (Å²) >= 11 is 1.60. The lowest BCUT2D eigenvalue weighted by Crippen LogP contribution is -2.29. The SMILES string of the molecule is CC1(C)OB(O)c2cc(CC(=O)Cc3cccs3)ccc21. The van der Waals surface area contributed by atoms with Crippen LogP contribution in [0.1, 0.15) is 29.9 Å². The normalized spacial score (nSPS) is 16.0. The first kappa shape index (κ1) is 14.5. The van der Waals surface area contributed by atoms with Crippen molar-refractivity contribution in [2.45, 2.75) is 32.3 Å². The van der Waals surface area contributed by atoms with Crippen LogP contribution in [0.25, 0.3) is 0 Å². The fourth-order valence-corrected chi connectivity index (χ4v) is 3.51. The standard InChI is InChI=1S/C16H17BO3S/c1-16(2)14-6-5-11(9-15(14)17(19)20-16)8-12(18)10-13-4-3-7-21-13/h3-7,9,19H,8,10H2,1-2H3. The largest absolute Gasteiger partial charge is 0.492 e. The number of benzene rings is 1. The second-order valence-electron chi connectivity index (χ2n) is 5.87. The Morgan fingerprint density at radius 1 is 1.33 bits per heavy atom. The summed E-state index contributed by atoms with van der Waals surface area (Å²) in [6.45, 7) is 3.87. The zero-order valence-corrected chi connectivity index (χ0v) is 12.9. The number of fused-ring (bicyclic) bond motifs is 1. The van der Waals surface area contributed by atoms with Crippen LogP contribution >= 0.6 is 11.3 Å². The van der Waals surface area contributed by atoms with E-state index in [1.165, 1.54) is 0 Å². The summed E-state index contributed by atoms with van der Waals surface area (Å²) in [5, 5.41) is 12.0. The van der Waals surface area contributed by atoms with E-state index in [9.17, 15) is 9.82 Å². The van der Waals surface area contributed by atoms with Crippen LogP contribution in [0.5, 0.6) is 0 Å². The molecule has 108 valence electrons. The molecular formula is C16H17BO3S. The van der Waals surface area contributed by atoms with E-state index in [2.05, 4.69) is 0 Å². The Kier molecular flexibility index (Phi) is 3.74. The topological polar surface area (TPSA) is 46.5 Å². The van der Waals surface area contributed by atoms with Crippen molar-refractivity contribution in [1.29, 1.82) is 0 Å². The van der Waals surface area contributed by atoms with E-state index in [0.29, 0.717) is 12.8 Å². The number of carbonyl (C=O) groups is 1. The number of carbonyl (C=O) groups excluding carboxylic acids is 1. The molecule has 0 unspecified atom stereocenters. The van der Waals surface area contributed by atoms with Crippen molar-refractivity contribution < 1.29 is 14.5 Å². The molecule has 2 heterocycles. The zero-order valence-electron chi connectivity index (χ0n) is 12.1. The molecular weight excluding hydrogens is 283 g/mol. The Morgan fingerprint density at radius 3 is 2.86 bits per heavy atom. The molecule has 0 amide bonds. The lowest BCUT2D eigenvalue weighted by atomic mass is 9.77. The van der Waals surface area contributed by atoms with Gasteiger partial charge in [-0.3, -0.25) is 4.79 Å². The van der Waals surface area contributed by atoms with E-state index >= 15 is 0 Å². The first-order valence-electron chi connectivity index (χ1n) is 6.99. The molecule has 0 saturated heterocycles. The first-order valence-corrected chi connectivity index (χ1v) is 7.87. The third-order valence-corrected chi connectivity index (χ3v) is 4.67. The molecule has 3 rings (SSSR count). The molecule has 1 aliphatic rings. The van der Waals surface area contributed by atoms with E-state index in [1.54, 1.807) is 11.3 Å². The van der Waals surface area contributed by atoms with Gasteiger partial charge in [0, 0.05) is 17.7 Å². The first-order chi connectivity index (χ1) is 9.95. The van der Waals surface area contributed by atoms with Gasteiger partial charge < -0.3 is 9.68 Å². The molecule has 5 heteroatoms. The third kappa shape index (κ3) is 2.95. The van der Waals surface area contributed by atoms with Crippen LogP contribution in [0.3, 0.4) is 0 Å². The third-order valence-electron chi connectivity index (χ3n) is 3.79.